The molecule has 4 rings (SSSR count). The fourth-order valence-electron chi connectivity index (χ4n) is 3.63. The van der Waals surface area contributed by atoms with E-state index in [4.69, 9.17) is 0 Å². The third-order valence-electron chi connectivity index (χ3n) is 5.21. The first-order valence-corrected chi connectivity index (χ1v) is 11.0. The largest absolute Gasteiger partial charge is 0.416 e. The standard InChI is InChI=1S/C23H21F3N4OS/c1-2-11-30-21(19-13-18(19)15-7-4-3-5-8-15)28-29-22(30)32-14-20(31)27-17-10-6-9-16(12-17)23(24,25)26/h2-10,12,18-19H,1,11,13-14H2,(H,27,31). The average Bonchev–Trinajstić information content (AvgIpc) is 3.47. The molecule has 1 aliphatic carbocycles. The van der Waals surface area contributed by atoms with Crippen molar-refractivity contribution in [1.29, 1.82) is 0 Å². The van der Waals surface area contributed by atoms with Crippen LogP contribution in [0.5, 0.6) is 0 Å². The predicted molar refractivity (Wildman–Crippen MR) is 118 cm³/mol. The summed E-state index contributed by atoms with van der Waals surface area (Å²) in [5, 5.41) is 11.7. The molecule has 0 aliphatic heterocycles. The van der Waals surface area contributed by atoms with E-state index in [1.165, 1.54) is 29.5 Å². The van der Waals surface area contributed by atoms with Crippen molar-refractivity contribution in [3.63, 3.8) is 0 Å². The number of anilines is 1. The fraction of sp³-hybridized carbons (Fsp3) is 0.261. The highest BCUT2D eigenvalue weighted by Gasteiger charge is 2.43. The minimum Gasteiger partial charge on any atom is -0.325 e. The number of nitrogens with zero attached hydrogens (tertiary/aromatic N) is 3. The minimum absolute atomic E-state index is 0.00168. The number of halogens is 3. The van der Waals surface area contributed by atoms with Crippen LogP contribution in [0.3, 0.4) is 0 Å². The Balaban J connectivity index is 1.41. The van der Waals surface area contributed by atoms with Gasteiger partial charge in [-0.15, -0.1) is 16.8 Å². The number of hydrogen-bond donors (Lipinski definition) is 1. The second-order valence-electron chi connectivity index (χ2n) is 7.51. The Bertz CT molecular complexity index is 1110. The summed E-state index contributed by atoms with van der Waals surface area (Å²) >= 11 is 1.19. The monoisotopic (exact) mass is 458 g/mol. The van der Waals surface area contributed by atoms with Gasteiger partial charge in [-0.2, -0.15) is 13.2 Å². The zero-order valence-electron chi connectivity index (χ0n) is 17.0. The highest BCUT2D eigenvalue weighted by atomic mass is 32.2. The molecular formula is C23H21F3N4OS. The summed E-state index contributed by atoms with van der Waals surface area (Å²) in [5.41, 5.74) is 0.554. The van der Waals surface area contributed by atoms with Gasteiger partial charge < -0.3 is 9.88 Å². The van der Waals surface area contributed by atoms with Gasteiger partial charge in [0.1, 0.15) is 5.82 Å². The van der Waals surface area contributed by atoms with E-state index in [-0.39, 0.29) is 17.4 Å². The SMILES string of the molecule is C=CCn1c(SCC(=O)Nc2cccc(C(F)(F)F)c2)nnc1C1CC1c1ccccc1. The molecule has 2 atom stereocenters. The molecule has 2 unspecified atom stereocenters. The number of nitrogens with one attached hydrogen (secondary N) is 1. The number of alkyl halides is 3. The molecule has 1 aliphatic rings. The van der Waals surface area contributed by atoms with Gasteiger partial charge in [-0.1, -0.05) is 54.2 Å². The van der Waals surface area contributed by atoms with Crippen LogP contribution in [0.4, 0.5) is 18.9 Å². The summed E-state index contributed by atoms with van der Waals surface area (Å²) in [5.74, 6) is 1.10. The number of hydrogen-bond acceptors (Lipinski definition) is 4. The normalized spacial score (nSPS) is 17.7. The van der Waals surface area contributed by atoms with Gasteiger partial charge in [-0.3, -0.25) is 4.79 Å². The van der Waals surface area contributed by atoms with E-state index in [2.05, 4.69) is 34.2 Å². The van der Waals surface area contributed by atoms with Gasteiger partial charge in [-0.05, 0) is 36.1 Å². The van der Waals surface area contributed by atoms with Gasteiger partial charge in [0.15, 0.2) is 5.16 Å². The zero-order chi connectivity index (χ0) is 22.7. The Morgan fingerprint density at radius 2 is 1.94 bits per heavy atom. The number of rotatable bonds is 8. The quantitative estimate of drug-likeness (QED) is 0.359. The van der Waals surface area contributed by atoms with E-state index in [1.54, 1.807) is 6.08 Å². The van der Waals surface area contributed by atoms with Gasteiger partial charge in [0.2, 0.25) is 5.91 Å². The number of carbonyl (C=O) groups excluding carboxylic acids is 1. The van der Waals surface area contributed by atoms with Gasteiger partial charge in [0.05, 0.1) is 11.3 Å². The van der Waals surface area contributed by atoms with Crippen LogP contribution in [0.25, 0.3) is 0 Å². The van der Waals surface area contributed by atoms with E-state index < -0.39 is 17.6 Å². The van der Waals surface area contributed by atoms with Crippen LogP contribution < -0.4 is 5.32 Å². The molecular weight excluding hydrogens is 437 g/mol. The van der Waals surface area contributed by atoms with Gasteiger partial charge >= 0.3 is 6.18 Å². The molecule has 1 N–H and O–H groups in total. The Kier molecular flexibility index (Phi) is 6.36. The molecule has 1 heterocycles. The van der Waals surface area contributed by atoms with Crippen molar-refractivity contribution in [2.24, 2.45) is 0 Å². The summed E-state index contributed by atoms with van der Waals surface area (Å²) in [6.07, 6.45) is -1.73. The van der Waals surface area contributed by atoms with E-state index in [9.17, 15) is 18.0 Å². The molecule has 1 aromatic heterocycles. The summed E-state index contributed by atoms with van der Waals surface area (Å²) in [6.45, 7) is 4.31. The van der Waals surface area contributed by atoms with Crippen molar-refractivity contribution in [3.05, 3.63) is 84.2 Å². The maximum Gasteiger partial charge on any atom is 0.416 e. The van der Waals surface area contributed by atoms with Crippen molar-refractivity contribution >= 4 is 23.4 Å². The second-order valence-corrected chi connectivity index (χ2v) is 8.46. The topological polar surface area (TPSA) is 59.8 Å². The first kappa shape index (κ1) is 22.1. The van der Waals surface area contributed by atoms with E-state index in [1.807, 2.05) is 22.8 Å². The molecule has 0 radical (unpaired) electrons. The second kappa shape index (κ2) is 9.20. The van der Waals surface area contributed by atoms with Crippen LogP contribution in [0.15, 0.2) is 72.4 Å². The number of amides is 1. The summed E-state index contributed by atoms with van der Waals surface area (Å²) in [4.78, 5) is 12.3. The lowest BCUT2D eigenvalue weighted by Crippen LogP contribution is -2.15. The summed E-state index contributed by atoms with van der Waals surface area (Å²) in [7, 11) is 0. The van der Waals surface area contributed by atoms with Crippen LogP contribution in [0.2, 0.25) is 0 Å². The Morgan fingerprint density at radius 3 is 2.66 bits per heavy atom. The molecule has 0 saturated heterocycles. The number of carbonyl (C=O) groups is 1. The number of benzene rings is 2. The van der Waals surface area contributed by atoms with Crippen LogP contribution >= 0.6 is 11.8 Å². The Labute approximate surface area is 187 Å². The molecule has 32 heavy (non-hydrogen) atoms. The predicted octanol–water partition coefficient (Wildman–Crippen LogP) is 5.48. The summed E-state index contributed by atoms with van der Waals surface area (Å²) in [6, 6.07) is 14.8. The molecule has 9 heteroatoms. The number of aromatic nitrogens is 3. The lowest BCUT2D eigenvalue weighted by Gasteiger charge is -2.10. The molecule has 0 bridgehead atoms. The third kappa shape index (κ3) is 5.04. The average molecular weight is 459 g/mol. The van der Waals surface area contributed by atoms with Gasteiger partial charge in [-0.25, -0.2) is 0 Å². The fourth-order valence-corrected chi connectivity index (χ4v) is 4.39. The maximum atomic E-state index is 12.9. The van der Waals surface area contributed by atoms with Gasteiger partial charge in [0.25, 0.3) is 0 Å². The number of allylic oxidation sites excluding steroid dienone is 1. The molecule has 2 aromatic carbocycles. The van der Waals surface area contributed by atoms with Crippen molar-refractivity contribution < 1.29 is 18.0 Å². The lowest BCUT2D eigenvalue weighted by molar-refractivity contribution is -0.137. The van der Waals surface area contributed by atoms with E-state index in [0.717, 1.165) is 24.4 Å². The van der Waals surface area contributed by atoms with Crippen molar-refractivity contribution in [2.45, 2.75) is 36.1 Å². The van der Waals surface area contributed by atoms with E-state index >= 15 is 0 Å². The van der Waals surface area contributed by atoms with Crippen molar-refractivity contribution in [2.75, 3.05) is 11.1 Å². The summed E-state index contributed by atoms with van der Waals surface area (Å²) < 4.78 is 40.5. The molecule has 1 saturated carbocycles. The van der Waals surface area contributed by atoms with Crippen LogP contribution in [0.1, 0.15) is 35.2 Å². The number of thioether (sulfide) groups is 1. The molecule has 166 valence electrons. The Hall–Kier alpha value is -3.07. The highest BCUT2D eigenvalue weighted by Crippen LogP contribution is 2.54. The molecule has 5 nitrogen and oxygen atoms in total. The molecule has 1 amide bonds. The third-order valence-corrected chi connectivity index (χ3v) is 6.18. The van der Waals surface area contributed by atoms with Crippen molar-refractivity contribution in [3.8, 4) is 0 Å². The first-order valence-electron chi connectivity index (χ1n) is 10.1. The van der Waals surface area contributed by atoms with E-state index in [0.29, 0.717) is 17.6 Å². The van der Waals surface area contributed by atoms with Gasteiger partial charge in [0, 0.05) is 18.2 Å². The van der Waals surface area contributed by atoms with Crippen LogP contribution in [-0.4, -0.2) is 26.4 Å². The highest BCUT2D eigenvalue weighted by molar-refractivity contribution is 7.99. The first-order chi connectivity index (χ1) is 15.4. The maximum absolute atomic E-state index is 12.9. The molecule has 3 aromatic rings. The molecule has 0 spiro atoms. The van der Waals surface area contributed by atoms with Crippen molar-refractivity contribution in [1.82, 2.24) is 14.8 Å². The minimum atomic E-state index is -4.46. The van der Waals surface area contributed by atoms with Crippen LogP contribution in [0, 0.1) is 0 Å². The van der Waals surface area contributed by atoms with Crippen LogP contribution in [-0.2, 0) is 17.5 Å². The lowest BCUT2D eigenvalue weighted by atomic mass is 10.1. The zero-order valence-corrected chi connectivity index (χ0v) is 17.9. The molecule has 1 fully saturated rings. The Morgan fingerprint density at radius 1 is 1.16 bits per heavy atom. The smallest absolute Gasteiger partial charge is 0.325 e.